The number of hydrogen-bond acceptors (Lipinski definition) is 7. The minimum atomic E-state index is -3.82. The van der Waals surface area contributed by atoms with Crippen LogP contribution < -0.4 is 4.72 Å². The van der Waals surface area contributed by atoms with E-state index in [0.29, 0.717) is 17.9 Å². The molecule has 0 spiro atoms. The summed E-state index contributed by atoms with van der Waals surface area (Å²) in [6.07, 6.45) is 2.23. The monoisotopic (exact) mass is 462 g/mol. The number of nitrogens with zero attached hydrogens (tertiary/aromatic N) is 1. The largest absolute Gasteiger partial charge is 0.458 e. The van der Waals surface area contributed by atoms with Crippen molar-refractivity contribution in [3.05, 3.63) is 71.7 Å². The molecule has 0 aliphatic heterocycles. The highest BCUT2D eigenvalue weighted by atomic mass is 32.2. The lowest BCUT2D eigenvalue weighted by atomic mass is 10.2. The van der Waals surface area contributed by atoms with Gasteiger partial charge in [0, 0.05) is 10.9 Å². The zero-order valence-electron chi connectivity index (χ0n) is 16.4. The zero-order valence-corrected chi connectivity index (χ0v) is 18.8. The van der Waals surface area contributed by atoms with Crippen LogP contribution in [-0.4, -0.2) is 37.4 Å². The van der Waals surface area contributed by atoms with E-state index >= 15 is 0 Å². The van der Waals surface area contributed by atoms with Crippen LogP contribution >= 0.6 is 23.1 Å². The number of benzene rings is 2. The lowest BCUT2D eigenvalue weighted by Gasteiger charge is -2.17. The van der Waals surface area contributed by atoms with E-state index in [4.69, 9.17) is 4.74 Å². The van der Waals surface area contributed by atoms with Crippen LogP contribution in [0.4, 0.5) is 0 Å². The Morgan fingerprint density at radius 2 is 1.80 bits per heavy atom. The molecule has 3 rings (SSSR count). The SMILES string of the molecule is CSCC[C@H](NS(=O)(=O)c1ccccc1)C(=O)OCc1csc(-c2ccccc2)n1. The number of nitrogens with one attached hydrogen (secondary N) is 1. The molecule has 0 saturated heterocycles. The van der Waals surface area contributed by atoms with E-state index in [1.165, 1.54) is 35.2 Å². The summed E-state index contributed by atoms with van der Waals surface area (Å²) >= 11 is 3.00. The van der Waals surface area contributed by atoms with Gasteiger partial charge in [0.05, 0.1) is 10.6 Å². The quantitative estimate of drug-likeness (QED) is 0.459. The van der Waals surface area contributed by atoms with Gasteiger partial charge in [0.1, 0.15) is 17.7 Å². The maximum atomic E-state index is 12.6. The number of carbonyl (C=O) groups excluding carboxylic acids is 1. The Hall–Kier alpha value is -2.20. The fourth-order valence-corrected chi connectivity index (χ4v) is 5.17. The van der Waals surface area contributed by atoms with Crippen LogP contribution in [0.5, 0.6) is 0 Å². The van der Waals surface area contributed by atoms with Crippen LogP contribution in [0.15, 0.2) is 70.9 Å². The van der Waals surface area contributed by atoms with Gasteiger partial charge in [-0.25, -0.2) is 13.4 Å². The van der Waals surface area contributed by atoms with E-state index < -0.39 is 22.0 Å². The van der Waals surface area contributed by atoms with Crippen molar-refractivity contribution in [2.75, 3.05) is 12.0 Å². The number of hydrogen-bond donors (Lipinski definition) is 1. The van der Waals surface area contributed by atoms with Crippen molar-refractivity contribution >= 4 is 39.1 Å². The van der Waals surface area contributed by atoms with E-state index in [9.17, 15) is 13.2 Å². The summed E-state index contributed by atoms with van der Waals surface area (Å²) in [5, 5.41) is 2.67. The van der Waals surface area contributed by atoms with E-state index in [2.05, 4.69) is 9.71 Å². The first-order chi connectivity index (χ1) is 14.5. The molecule has 3 aromatic rings. The van der Waals surface area contributed by atoms with Gasteiger partial charge >= 0.3 is 5.97 Å². The average molecular weight is 463 g/mol. The highest BCUT2D eigenvalue weighted by Gasteiger charge is 2.26. The molecule has 0 fully saturated rings. The molecule has 158 valence electrons. The molecule has 6 nitrogen and oxygen atoms in total. The molecule has 0 aliphatic rings. The summed E-state index contributed by atoms with van der Waals surface area (Å²) in [5.41, 5.74) is 1.62. The Balaban J connectivity index is 1.65. The fraction of sp³-hybridized carbons (Fsp3) is 0.238. The standard InChI is InChI=1S/C21H22N2O4S3/c1-28-13-12-19(23-30(25,26)18-10-6-3-7-11-18)21(24)27-14-17-15-29-20(22-17)16-8-4-2-5-9-16/h2-11,15,19,23H,12-14H2,1H3/t19-/m0/s1. The number of ether oxygens (including phenoxy) is 1. The van der Waals surface area contributed by atoms with Crippen LogP contribution in [0, 0.1) is 0 Å². The molecule has 0 radical (unpaired) electrons. The third kappa shape index (κ3) is 6.15. The highest BCUT2D eigenvalue weighted by molar-refractivity contribution is 7.98. The lowest BCUT2D eigenvalue weighted by Crippen LogP contribution is -2.42. The predicted octanol–water partition coefficient (Wildman–Crippen LogP) is 3.95. The van der Waals surface area contributed by atoms with Gasteiger partial charge in [-0.05, 0) is 30.6 Å². The molecule has 0 bridgehead atoms. The van der Waals surface area contributed by atoms with Crippen molar-refractivity contribution in [3.8, 4) is 10.6 Å². The Morgan fingerprint density at radius 1 is 1.13 bits per heavy atom. The second-order valence-electron chi connectivity index (χ2n) is 6.39. The molecular weight excluding hydrogens is 440 g/mol. The molecule has 1 heterocycles. The van der Waals surface area contributed by atoms with Crippen molar-refractivity contribution < 1.29 is 17.9 Å². The van der Waals surface area contributed by atoms with Gasteiger partial charge < -0.3 is 4.74 Å². The zero-order chi connectivity index (χ0) is 21.4. The van der Waals surface area contributed by atoms with Gasteiger partial charge in [-0.3, -0.25) is 4.79 Å². The number of thioether (sulfide) groups is 1. The number of aromatic nitrogens is 1. The van der Waals surface area contributed by atoms with Crippen molar-refractivity contribution in [3.63, 3.8) is 0 Å². The summed E-state index contributed by atoms with van der Waals surface area (Å²) in [4.78, 5) is 17.2. The summed E-state index contributed by atoms with van der Waals surface area (Å²) in [5.74, 6) is 0.00386. The summed E-state index contributed by atoms with van der Waals surface area (Å²) in [6.45, 7) is -0.00893. The summed E-state index contributed by atoms with van der Waals surface area (Å²) < 4.78 is 33.1. The van der Waals surface area contributed by atoms with Crippen molar-refractivity contribution in [2.45, 2.75) is 24.0 Å². The molecule has 1 N–H and O–H groups in total. The first-order valence-electron chi connectivity index (χ1n) is 9.22. The lowest BCUT2D eigenvalue weighted by molar-refractivity contribution is -0.147. The smallest absolute Gasteiger partial charge is 0.324 e. The van der Waals surface area contributed by atoms with Crippen molar-refractivity contribution in [2.24, 2.45) is 0 Å². The Kier molecular flexibility index (Phi) is 8.03. The number of esters is 1. The molecule has 9 heteroatoms. The molecule has 0 amide bonds. The van der Waals surface area contributed by atoms with Crippen molar-refractivity contribution in [1.82, 2.24) is 9.71 Å². The minimum absolute atomic E-state index is 0.00893. The van der Waals surface area contributed by atoms with Crippen LogP contribution in [0.1, 0.15) is 12.1 Å². The molecule has 1 aromatic heterocycles. The maximum Gasteiger partial charge on any atom is 0.324 e. The third-order valence-electron chi connectivity index (χ3n) is 4.18. The van der Waals surface area contributed by atoms with E-state index in [1.807, 2.05) is 42.0 Å². The van der Waals surface area contributed by atoms with E-state index in [-0.39, 0.29) is 11.5 Å². The number of rotatable bonds is 10. The van der Waals surface area contributed by atoms with Gasteiger partial charge in [-0.2, -0.15) is 16.5 Å². The third-order valence-corrected chi connectivity index (χ3v) is 7.25. The molecule has 30 heavy (non-hydrogen) atoms. The second kappa shape index (κ2) is 10.7. The van der Waals surface area contributed by atoms with Crippen LogP contribution in [-0.2, 0) is 26.2 Å². The Labute approximate surface area is 184 Å². The molecule has 0 aliphatic carbocycles. The van der Waals surface area contributed by atoms with E-state index in [1.54, 1.807) is 18.2 Å². The van der Waals surface area contributed by atoms with Gasteiger partial charge in [-0.15, -0.1) is 11.3 Å². The Morgan fingerprint density at radius 3 is 2.47 bits per heavy atom. The second-order valence-corrected chi connectivity index (χ2v) is 9.94. The molecule has 0 unspecified atom stereocenters. The normalized spacial score (nSPS) is 12.4. The first-order valence-corrected chi connectivity index (χ1v) is 13.0. The highest BCUT2D eigenvalue weighted by Crippen LogP contribution is 2.23. The van der Waals surface area contributed by atoms with E-state index in [0.717, 1.165) is 10.6 Å². The molecule has 2 aromatic carbocycles. The van der Waals surface area contributed by atoms with Gasteiger partial charge in [0.25, 0.3) is 0 Å². The predicted molar refractivity (Wildman–Crippen MR) is 121 cm³/mol. The van der Waals surface area contributed by atoms with Crippen LogP contribution in [0.3, 0.4) is 0 Å². The average Bonchev–Trinajstić information content (AvgIpc) is 3.25. The van der Waals surface area contributed by atoms with Gasteiger partial charge in [0.2, 0.25) is 10.0 Å². The van der Waals surface area contributed by atoms with Crippen molar-refractivity contribution in [1.29, 1.82) is 0 Å². The topological polar surface area (TPSA) is 85.4 Å². The molecule has 0 saturated carbocycles. The number of carbonyl (C=O) groups is 1. The summed E-state index contributed by atoms with van der Waals surface area (Å²) in [7, 11) is -3.82. The fourth-order valence-electron chi connectivity index (χ4n) is 2.65. The van der Waals surface area contributed by atoms with Gasteiger partial charge in [0.15, 0.2) is 0 Å². The van der Waals surface area contributed by atoms with Crippen LogP contribution in [0.2, 0.25) is 0 Å². The van der Waals surface area contributed by atoms with Gasteiger partial charge in [-0.1, -0.05) is 48.5 Å². The van der Waals surface area contributed by atoms with Crippen LogP contribution in [0.25, 0.3) is 10.6 Å². The number of sulfonamides is 1. The Bertz CT molecular complexity index is 1050. The summed E-state index contributed by atoms with van der Waals surface area (Å²) in [6, 6.07) is 16.7. The minimum Gasteiger partial charge on any atom is -0.458 e. The maximum absolute atomic E-state index is 12.6. The first kappa shape index (κ1) is 22.5. The molecular formula is C21H22N2O4S3. The molecule has 1 atom stereocenters. The number of thiazole rings is 1.